The molecule has 2 aromatic carbocycles. The lowest BCUT2D eigenvalue weighted by Gasteiger charge is -2.23. The van der Waals surface area contributed by atoms with Crippen LogP contribution in [0.2, 0.25) is 10.0 Å². The van der Waals surface area contributed by atoms with Crippen LogP contribution in [0.4, 0.5) is 10.5 Å². The lowest BCUT2D eigenvalue weighted by atomic mass is 10.0. The maximum Gasteiger partial charge on any atom is 0.319 e. The molecule has 0 spiro atoms. The molecule has 0 radical (unpaired) electrons. The molecule has 1 aliphatic heterocycles. The van der Waals surface area contributed by atoms with Gasteiger partial charge in [-0.3, -0.25) is 4.79 Å². The fourth-order valence-corrected chi connectivity index (χ4v) is 2.70. The molecule has 1 atom stereocenters. The van der Waals surface area contributed by atoms with Gasteiger partial charge in [-0.1, -0.05) is 40.5 Å². The highest BCUT2D eigenvalue weighted by molar-refractivity contribution is 6.30. The number of halogens is 2. The molecule has 7 nitrogen and oxygen atoms in total. The molecular weight excluding hydrogens is 391 g/mol. The number of carbonyl (C=O) groups is 2. The maximum absolute atomic E-state index is 12.4. The second-order valence-corrected chi connectivity index (χ2v) is 6.66. The molecule has 1 heterocycles. The van der Waals surface area contributed by atoms with Gasteiger partial charge in [-0.25, -0.2) is 4.79 Å². The van der Waals surface area contributed by atoms with Gasteiger partial charge in [-0.2, -0.15) is 0 Å². The van der Waals surface area contributed by atoms with Crippen LogP contribution >= 0.6 is 23.2 Å². The van der Waals surface area contributed by atoms with Crippen molar-refractivity contribution in [1.82, 2.24) is 10.6 Å². The topological polar surface area (TPSA) is 91.8 Å². The van der Waals surface area contributed by atoms with Gasteiger partial charge in [0.15, 0.2) is 12.4 Å². The number of hydrogen-bond acceptors (Lipinski definition) is 4. The van der Waals surface area contributed by atoms with Gasteiger partial charge < -0.3 is 20.8 Å². The van der Waals surface area contributed by atoms with Crippen molar-refractivity contribution in [3.8, 4) is 0 Å². The summed E-state index contributed by atoms with van der Waals surface area (Å²) in [5.74, 6) is -0.103. The average molecular weight is 407 g/mol. The molecular formula is C18H16Cl2N4O3. The lowest BCUT2D eigenvalue weighted by Crippen LogP contribution is -2.53. The second-order valence-electron chi connectivity index (χ2n) is 5.79. The number of amidine groups is 1. The van der Waals surface area contributed by atoms with Crippen LogP contribution in [0.3, 0.4) is 0 Å². The van der Waals surface area contributed by atoms with Crippen molar-refractivity contribution in [2.24, 2.45) is 5.16 Å². The molecule has 0 fully saturated rings. The quantitative estimate of drug-likeness (QED) is 0.711. The van der Waals surface area contributed by atoms with Gasteiger partial charge in [0.2, 0.25) is 0 Å². The Balaban J connectivity index is 1.73. The Morgan fingerprint density at radius 3 is 2.37 bits per heavy atom. The number of nitrogens with zero attached hydrogens (tertiary/aromatic N) is 1. The first-order valence-electron chi connectivity index (χ1n) is 8.07. The molecule has 27 heavy (non-hydrogen) atoms. The fourth-order valence-electron chi connectivity index (χ4n) is 2.44. The minimum atomic E-state index is -0.609. The predicted molar refractivity (Wildman–Crippen MR) is 104 cm³/mol. The van der Waals surface area contributed by atoms with Crippen LogP contribution in [0.1, 0.15) is 5.56 Å². The number of rotatable bonds is 5. The summed E-state index contributed by atoms with van der Waals surface area (Å²) >= 11 is 11.8. The lowest BCUT2D eigenvalue weighted by molar-refractivity contribution is -0.125. The standard InChI is InChI=1S/C18H16Cl2N4O3/c19-12-3-1-11(2-4-12)9-15(17-23-16(25)10-27-24-17)22-18(26)21-14-7-5-13(20)6-8-14/h1-8,15H,9-10H2,(H2,21,22,26)(H,23,24,25). The molecule has 3 rings (SSSR count). The van der Waals surface area contributed by atoms with Gasteiger partial charge in [0.05, 0.1) is 6.04 Å². The van der Waals surface area contributed by atoms with E-state index in [2.05, 4.69) is 21.1 Å². The second kappa shape index (κ2) is 8.75. The minimum absolute atomic E-state index is 0.159. The van der Waals surface area contributed by atoms with Crippen molar-refractivity contribution in [3.63, 3.8) is 0 Å². The van der Waals surface area contributed by atoms with Gasteiger partial charge in [0, 0.05) is 22.2 Å². The molecule has 2 aromatic rings. The van der Waals surface area contributed by atoms with Crippen molar-refractivity contribution in [1.29, 1.82) is 0 Å². The van der Waals surface area contributed by atoms with Crippen molar-refractivity contribution >= 4 is 46.7 Å². The minimum Gasteiger partial charge on any atom is -0.384 e. The number of nitrogens with one attached hydrogen (secondary N) is 3. The zero-order chi connectivity index (χ0) is 19.2. The van der Waals surface area contributed by atoms with Crippen LogP contribution < -0.4 is 16.0 Å². The van der Waals surface area contributed by atoms with Crippen molar-refractivity contribution in [3.05, 3.63) is 64.1 Å². The van der Waals surface area contributed by atoms with Crippen molar-refractivity contribution in [2.45, 2.75) is 12.5 Å². The van der Waals surface area contributed by atoms with Crippen molar-refractivity contribution in [2.75, 3.05) is 11.9 Å². The third-order valence-corrected chi connectivity index (χ3v) is 4.22. The highest BCUT2D eigenvalue weighted by Gasteiger charge is 2.25. The summed E-state index contributed by atoms with van der Waals surface area (Å²) in [7, 11) is 0. The number of hydrogen-bond donors (Lipinski definition) is 3. The Kier molecular flexibility index (Phi) is 6.16. The molecule has 0 aromatic heterocycles. The van der Waals surface area contributed by atoms with Crippen LogP contribution in [-0.2, 0) is 16.1 Å². The largest absolute Gasteiger partial charge is 0.384 e. The number of oxime groups is 1. The Labute approximate surface area is 165 Å². The molecule has 1 unspecified atom stereocenters. The molecule has 0 aliphatic carbocycles. The van der Waals surface area contributed by atoms with Crippen LogP contribution in [0.5, 0.6) is 0 Å². The predicted octanol–water partition coefficient (Wildman–Crippen LogP) is 3.19. The van der Waals surface area contributed by atoms with Gasteiger partial charge in [-0.05, 0) is 42.0 Å². The molecule has 9 heteroatoms. The van der Waals surface area contributed by atoms with E-state index in [1.807, 2.05) is 12.1 Å². The summed E-state index contributed by atoms with van der Waals surface area (Å²) in [6.07, 6.45) is 0.383. The van der Waals surface area contributed by atoms with E-state index in [9.17, 15) is 9.59 Å². The van der Waals surface area contributed by atoms with E-state index in [0.29, 0.717) is 22.2 Å². The van der Waals surface area contributed by atoms with E-state index in [4.69, 9.17) is 28.0 Å². The summed E-state index contributed by atoms with van der Waals surface area (Å²) in [5.41, 5.74) is 1.48. The molecule has 0 saturated heterocycles. The van der Waals surface area contributed by atoms with Gasteiger partial charge in [0.25, 0.3) is 5.91 Å². The Morgan fingerprint density at radius 2 is 1.74 bits per heavy atom. The van der Waals surface area contributed by atoms with Crippen molar-refractivity contribution < 1.29 is 14.4 Å². The first-order valence-corrected chi connectivity index (χ1v) is 8.82. The number of anilines is 1. The summed E-state index contributed by atoms with van der Waals surface area (Å²) < 4.78 is 0. The maximum atomic E-state index is 12.4. The van der Waals surface area contributed by atoms with E-state index in [1.165, 1.54) is 0 Å². The Morgan fingerprint density at radius 1 is 1.11 bits per heavy atom. The fraction of sp³-hybridized carbons (Fsp3) is 0.167. The highest BCUT2D eigenvalue weighted by atomic mass is 35.5. The normalized spacial score (nSPS) is 14.4. The first-order chi connectivity index (χ1) is 13.0. The molecule has 3 amide bonds. The molecule has 0 saturated carbocycles. The van der Waals surface area contributed by atoms with Crippen LogP contribution in [0.15, 0.2) is 53.7 Å². The van der Waals surface area contributed by atoms with E-state index in [-0.39, 0.29) is 18.3 Å². The first kappa shape index (κ1) is 19.0. The molecule has 3 N–H and O–H groups in total. The molecule has 0 bridgehead atoms. The number of urea groups is 1. The van der Waals surface area contributed by atoms with E-state index in [0.717, 1.165) is 5.56 Å². The van der Waals surface area contributed by atoms with Crippen LogP contribution in [0.25, 0.3) is 0 Å². The number of carbonyl (C=O) groups excluding carboxylic acids is 2. The third-order valence-electron chi connectivity index (χ3n) is 3.72. The van der Waals surface area contributed by atoms with Gasteiger partial charge in [0.1, 0.15) is 0 Å². The van der Waals surface area contributed by atoms with E-state index in [1.54, 1.807) is 36.4 Å². The highest BCUT2D eigenvalue weighted by Crippen LogP contribution is 2.14. The molecule has 140 valence electrons. The SMILES string of the molecule is O=C1CON=C(C(Cc2ccc(Cl)cc2)NC(=O)Nc2ccc(Cl)cc2)N1. The molecule has 1 aliphatic rings. The van der Waals surface area contributed by atoms with E-state index >= 15 is 0 Å². The van der Waals surface area contributed by atoms with Gasteiger partial charge in [-0.15, -0.1) is 0 Å². The van der Waals surface area contributed by atoms with Crippen LogP contribution in [0, 0.1) is 0 Å². The van der Waals surface area contributed by atoms with Gasteiger partial charge >= 0.3 is 6.03 Å². The number of amides is 3. The average Bonchev–Trinajstić information content (AvgIpc) is 2.65. The zero-order valence-electron chi connectivity index (χ0n) is 14.0. The Hall–Kier alpha value is -2.77. The Bertz CT molecular complexity index is 854. The zero-order valence-corrected chi connectivity index (χ0v) is 15.6. The third kappa shape index (κ3) is 5.60. The summed E-state index contributed by atoms with van der Waals surface area (Å²) in [6, 6.07) is 12.8. The summed E-state index contributed by atoms with van der Waals surface area (Å²) in [4.78, 5) is 28.9. The van der Waals surface area contributed by atoms with E-state index < -0.39 is 12.1 Å². The number of benzene rings is 2. The summed E-state index contributed by atoms with van der Waals surface area (Å²) in [6.45, 7) is -0.159. The van der Waals surface area contributed by atoms with Crippen LogP contribution in [-0.4, -0.2) is 30.4 Å². The summed E-state index contributed by atoms with van der Waals surface area (Å²) in [5, 5.41) is 13.2. The monoisotopic (exact) mass is 406 g/mol. The smallest absolute Gasteiger partial charge is 0.319 e.